The summed E-state index contributed by atoms with van der Waals surface area (Å²) < 4.78 is 26.6. The number of nitriles is 1. The highest BCUT2D eigenvalue weighted by molar-refractivity contribution is 7.89. The van der Waals surface area contributed by atoms with E-state index in [1.54, 1.807) is 18.2 Å². The van der Waals surface area contributed by atoms with Gasteiger partial charge in [-0.15, -0.1) is 0 Å². The van der Waals surface area contributed by atoms with E-state index in [2.05, 4.69) is 10.8 Å². The van der Waals surface area contributed by atoms with Gasteiger partial charge in [0, 0.05) is 18.8 Å². The average Bonchev–Trinajstić information content (AvgIpc) is 2.73. The van der Waals surface area contributed by atoms with Gasteiger partial charge in [-0.05, 0) is 55.3 Å². The van der Waals surface area contributed by atoms with E-state index in [4.69, 9.17) is 10.1 Å². The quantitative estimate of drug-likeness (QED) is 0.640. The van der Waals surface area contributed by atoms with Crippen LogP contribution in [0.5, 0.6) is 5.75 Å². The number of aromatic hydroxyl groups is 1. The van der Waals surface area contributed by atoms with Crippen molar-refractivity contribution in [3.63, 3.8) is 0 Å². The number of rotatable bonds is 5. The summed E-state index contributed by atoms with van der Waals surface area (Å²) in [4.78, 5) is 17.4. The molecule has 1 aliphatic rings. The predicted octanol–water partition coefficient (Wildman–Crippen LogP) is 2.17. The second kappa shape index (κ2) is 8.91. The average molecular weight is 416 g/mol. The molecule has 0 radical (unpaired) electrons. The first kappa shape index (κ1) is 20.6. The Labute approximate surface area is 168 Å². The minimum absolute atomic E-state index is 0.000223. The van der Waals surface area contributed by atoms with Gasteiger partial charge in [0.05, 0.1) is 22.6 Å². The second-order valence-corrected chi connectivity index (χ2v) is 8.40. The topological polar surface area (TPSA) is 132 Å². The maximum atomic E-state index is 12.6. The summed E-state index contributed by atoms with van der Waals surface area (Å²) in [5.74, 6) is -0.000223. The van der Waals surface area contributed by atoms with Crippen LogP contribution in [0, 0.1) is 11.3 Å². The minimum atomic E-state index is -3.64. The van der Waals surface area contributed by atoms with Crippen molar-refractivity contribution in [1.29, 1.82) is 5.26 Å². The van der Waals surface area contributed by atoms with Crippen LogP contribution < -0.4 is 10.8 Å². The van der Waals surface area contributed by atoms with Crippen molar-refractivity contribution in [2.24, 2.45) is 0 Å². The van der Waals surface area contributed by atoms with Crippen molar-refractivity contribution in [3.05, 3.63) is 54.1 Å². The fraction of sp³-hybridized carbons (Fsp3) is 0.263. The number of nitrogens with one attached hydrogen (secondary N) is 2. The van der Waals surface area contributed by atoms with Gasteiger partial charge in [0.2, 0.25) is 10.0 Å². The van der Waals surface area contributed by atoms with Crippen molar-refractivity contribution >= 4 is 21.7 Å². The van der Waals surface area contributed by atoms with E-state index in [1.165, 1.54) is 34.6 Å². The van der Waals surface area contributed by atoms with Gasteiger partial charge >= 0.3 is 6.03 Å². The molecule has 3 rings (SSSR count). The first-order valence-corrected chi connectivity index (χ1v) is 10.3. The molecule has 0 aliphatic carbocycles. The number of urea groups is 1. The Morgan fingerprint density at radius 1 is 1.17 bits per heavy atom. The van der Waals surface area contributed by atoms with Gasteiger partial charge < -0.3 is 10.4 Å². The molecule has 1 heterocycles. The highest BCUT2D eigenvalue weighted by Gasteiger charge is 2.30. The van der Waals surface area contributed by atoms with E-state index >= 15 is 0 Å². The maximum absolute atomic E-state index is 12.6. The lowest BCUT2D eigenvalue weighted by Gasteiger charge is -2.30. The number of benzene rings is 2. The fourth-order valence-corrected chi connectivity index (χ4v) is 4.39. The van der Waals surface area contributed by atoms with Crippen LogP contribution >= 0.6 is 0 Å². The number of piperidine rings is 1. The van der Waals surface area contributed by atoms with E-state index in [-0.39, 0.29) is 29.8 Å². The summed E-state index contributed by atoms with van der Waals surface area (Å²) in [6.07, 6.45) is 0.515. The molecule has 1 fully saturated rings. The third-order valence-electron chi connectivity index (χ3n) is 4.44. The second-order valence-electron chi connectivity index (χ2n) is 6.46. The van der Waals surface area contributed by atoms with Crippen molar-refractivity contribution in [2.75, 3.05) is 18.4 Å². The van der Waals surface area contributed by atoms with Crippen LogP contribution in [-0.2, 0) is 14.9 Å². The third-order valence-corrected chi connectivity index (χ3v) is 6.36. The molecule has 0 bridgehead atoms. The number of phenolic OH excluding ortho intramolecular Hbond substituents is 1. The van der Waals surface area contributed by atoms with E-state index in [0.717, 1.165) is 0 Å². The first-order chi connectivity index (χ1) is 13.9. The monoisotopic (exact) mass is 416 g/mol. The third kappa shape index (κ3) is 5.23. The van der Waals surface area contributed by atoms with E-state index in [1.807, 2.05) is 6.07 Å². The van der Waals surface area contributed by atoms with Gasteiger partial charge in [0.25, 0.3) is 0 Å². The zero-order chi connectivity index (χ0) is 20.9. The molecular formula is C19H20N4O5S. The Hall–Kier alpha value is -3.13. The van der Waals surface area contributed by atoms with Crippen LogP contribution in [0.4, 0.5) is 10.5 Å². The Bertz CT molecular complexity index is 1010. The molecule has 3 N–H and O–H groups in total. The zero-order valence-corrected chi connectivity index (χ0v) is 16.2. The Morgan fingerprint density at radius 3 is 2.52 bits per heavy atom. The normalized spacial score (nSPS) is 15.4. The van der Waals surface area contributed by atoms with E-state index in [0.29, 0.717) is 24.1 Å². The summed E-state index contributed by atoms with van der Waals surface area (Å²) in [6.45, 7) is 0.503. The predicted molar refractivity (Wildman–Crippen MR) is 104 cm³/mol. The van der Waals surface area contributed by atoms with Gasteiger partial charge in [-0.2, -0.15) is 9.57 Å². The molecule has 2 aromatic rings. The smallest absolute Gasteiger partial charge is 0.343 e. The maximum Gasteiger partial charge on any atom is 0.343 e. The van der Waals surface area contributed by atoms with Gasteiger partial charge in [-0.25, -0.2) is 18.7 Å². The highest BCUT2D eigenvalue weighted by Crippen LogP contribution is 2.23. The number of anilines is 1. The van der Waals surface area contributed by atoms with Crippen LogP contribution in [0.2, 0.25) is 0 Å². The van der Waals surface area contributed by atoms with E-state index < -0.39 is 16.1 Å². The van der Waals surface area contributed by atoms with Gasteiger partial charge in [0.15, 0.2) is 0 Å². The molecule has 10 heteroatoms. The summed E-state index contributed by atoms with van der Waals surface area (Å²) in [5, 5.41) is 20.7. The fourth-order valence-electron chi connectivity index (χ4n) is 2.92. The molecule has 0 atom stereocenters. The number of sulfonamides is 1. The lowest BCUT2D eigenvalue weighted by atomic mass is 10.1. The molecular weight excluding hydrogens is 396 g/mol. The number of hydrogen-bond acceptors (Lipinski definition) is 6. The standard InChI is InChI=1S/C19H20N4O5S/c20-13-14-2-1-3-15(12-14)21-19(25)22-28-17-8-10-23(11-9-17)29(26,27)18-6-4-16(24)5-7-18/h1-7,12,17,24H,8-11H2,(H2,21,22,25). The van der Waals surface area contributed by atoms with Gasteiger partial charge in [-0.3, -0.25) is 4.84 Å². The minimum Gasteiger partial charge on any atom is -0.508 e. The van der Waals surface area contributed by atoms with Crippen LogP contribution in [0.15, 0.2) is 53.4 Å². The molecule has 1 aliphatic heterocycles. The van der Waals surface area contributed by atoms with Crippen molar-refractivity contribution in [3.8, 4) is 11.8 Å². The van der Waals surface area contributed by atoms with Crippen molar-refractivity contribution < 1.29 is 23.2 Å². The van der Waals surface area contributed by atoms with E-state index in [9.17, 15) is 18.3 Å². The van der Waals surface area contributed by atoms with Crippen LogP contribution in [-0.4, -0.2) is 43.1 Å². The summed E-state index contributed by atoms with van der Waals surface area (Å²) in [7, 11) is -3.64. The SMILES string of the molecule is N#Cc1cccc(NC(=O)NOC2CCN(S(=O)(=O)c3ccc(O)cc3)CC2)c1. The lowest BCUT2D eigenvalue weighted by molar-refractivity contribution is -0.0246. The first-order valence-electron chi connectivity index (χ1n) is 8.90. The van der Waals surface area contributed by atoms with Crippen molar-refractivity contribution in [1.82, 2.24) is 9.79 Å². The Balaban J connectivity index is 1.47. The van der Waals surface area contributed by atoms with Crippen molar-refractivity contribution in [2.45, 2.75) is 23.8 Å². The molecule has 0 unspecified atom stereocenters. The van der Waals surface area contributed by atoms with Crippen LogP contribution in [0.3, 0.4) is 0 Å². The number of carbonyl (C=O) groups excluding carboxylic acids is 1. The largest absolute Gasteiger partial charge is 0.508 e. The molecule has 152 valence electrons. The van der Waals surface area contributed by atoms with Crippen LogP contribution in [0.25, 0.3) is 0 Å². The molecule has 2 aromatic carbocycles. The number of hydroxylamine groups is 1. The number of phenols is 1. The van der Waals surface area contributed by atoms with Crippen LogP contribution in [0.1, 0.15) is 18.4 Å². The molecule has 0 aromatic heterocycles. The van der Waals surface area contributed by atoms with Gasteiger partial charge in [0.1, 0.15) is 5.75 Å². The Kier molecular flexibility index (Phi) is 6.33. The number of hydrogen-bond donors (Lipinski definition) is 3. The molecule has 1 saturated heterocycles. The molecule has 9 nitrogen and oxygen atoms in total. The summed E-state index contributed by atoms with van der Waals surface area (Å²) in [5.41, 5.74) is 3.18. The molecule has 0 saturated carbocycles. The zero-order valence-electron chi connectivity index (χ0n) is 15.4. The Morgan fingerprint density at radius 2 is 1.86 bits per heavy atom. The molecule has 2 amide bonds. The number of carbonyl (C=O) groups is 1. The molecule has 29 heavy (non-hydrogen) atoms. The molecule has 0 spiro atoms. The number of amides is 2. The lowest BCUT2D eigenvalue weighted by Crippen LogP contribution is -2.43. The number of nitrogens with zero attached hydrogens (tertiary/aromatic N) is 2. The van der Waals surface area contributed by atoms with Gasteiger partial charge in [-0.1, -0.05) is 6.07 Å². The summed E-state index contributed by atoms with van der Waals surface area (Å²) in [6, 6.07) is 13.2. The highest BCUT2D eigenvalue weighted by atomic mass is 32.2. The summed E-state index contributed by atoms with van der Waals surface area (Å²) >= 11 is 0.